The van der Waals surface area contributed by atoms with Crippen LogP contribution in [0, 0.1) is 6.92 Å². The summed E-state index contributed by atoms with van der Waals surface area (Å²) in [6.45, 7) is 6.69. The van der Waals surface area contributed by atoms with Crippen LogP contribution in [0.3, 0.4) is 0 Å². The Labute approximate surface area is 147 Å². The molecule has 0 aliphatic carbocycles. The first-order valence-electron chi connectivity index (χ1n) is 8.83. The predicted molar refractivity (Wildman–Crippen MR) is 99.7 cm³/mol. The molecule has 6 nitrogen and oxygen atoms in total. The summed E-state index contributed by atoms with van der Waals surface area (Å²) < 4.78 is 7.27. The quantitative estimate of drug-likeness (QED) is 0.816. The van der Waals surface area contributed by atoms with Crippen LogP contribution in [0.25, 0.3) is 10.9 Å². The van der Waals surface area contributed by atoms with E-state index in [0.29, 0.717) is 25.1 Å². The second-order valence-electron chi connectivity index (χ2n) is 6.40. The van der Waals surface area contributed by atoms with E-state index in [9.17, 15) is 9.90 Å². The van der Waals surface area contributed by atoms with E-state index < -0.39 is 0 Å². The van der Waals surface area contributed by atoms with Gasteiger partial charge < -0.3 is 19.7 Å². The predicted octanol–water partition coefficient (Wildman–Crippen LogP) is 2.18. The summed E-state index contributed by atoms with van der Waals surface area (Å²) in [6, 6.07) is 5.74. The van der Waals surface area contributed by atoms with Gasteiger partial charge in [-0.25, -0.2) is 0 Å². The molecular formula is C19H25N3O3. The van der Waals surface area contributed by atoms with Crippen molar-refractivity contribution in [3.05, 3.63) is 39.7 Å². The number of pyridine rings is 1. The molecule has 1 fully saturated rings. The van der Waals surface area contributed by atoms with Crippen molar-refractivity contribution in [3.63, 3.8) is 0 Å². The minimum atomic E-state index is -0.328. The Morgan fingerprint density at radius 3 is 3.04 bits per heavy atom. The average Bonchev–Trinajstić information content (AvgIpc) is 2.62. The van der Waals surface area contributed by atoms with Crippen molar-refractivity contribution in [2.75, 3.05) is 19.7 Å². The summed E-state index contributed by atoms with van der Waals surface area (Å²) in [5.41, 5.74) is 1.83. The summed E-state index contributed by atoms with van der Waals surface area (Å²) in [4.78, 5) is 17.3. The Morgan fingerprint density at radius 2 is 2.32 bits per heavy atom. The minimum absolute atomic E-state index is 0.0136. The topological polar surface area (TPSA) is 75.9 Å². The van der Waals surface area contributed by atoms with E-state index in [1.807, 2.05) is 25.1 Å². The zero-order valence-electron chi connectivity index (χ0n) is 14.8. The molecule has 1 saturated heterocycles. The van der Waals surface area contributed by atoms with Gasteiger partial charge in [0.25, 0.3) is 5.56 Å². The maximum Gasteiger partial charge on any atom is 0.263 e. The Kier molecular flexibility index (Phi) is 5.50. The number of aliphatic imine (C=N–C) groups is 1. The van der Waals surface area contributed by atoms with Crippen molar-refractivity contribution in [2.45, 2.75) is 39.5 Å². The Hall–Kier alpha value is -2.18. The highest BCUT2D eigenvalue weighted by Gasteiger charge is 2.16. The van der Waals surface area contributed by atoms with E-state index in [1.54, 1.807) is 4.57 Å². The van der Waals surface area contributed by atoms with Gasteiger partial charge in [0.05, 0.1) is 12.1 Å². The molecule has 1 unspecified atom stereocenters. The number of fused-ring (bicyclic) bond motifs is 1. The van der Waals surface area contributed by atoms with Crippen LogP contribution < -0.4 is 10.9 Å². The minimum Gasteiger partial charge on any atom is -0.506 e. The van der Waals surface area contributed by atoms with E-state index in [2.05, 4.69) is 17.2 Å². The number of nitrogens with zero attached hydrogens (tertiary/aromatic N) is 2. The SMILES string of the molecule is CCCCn1c(=O)c(/C=N/C2CNCCO2)c(O)c2ccc(C)cc21. The van der Waals surface area contributed by atoms with Crippen molar-refractivity contribution in [2.24, 2.45) is 4.99 Å². The van der Waals surface area contributed by atoms with Gasteiger partial charge in [-0.15, -0.1) is 0 Å². The Morgan fingerprint density at radius 1 is 1.48 bits per heavy atom. The average molecular weight is 343 g/mol. The third-order valence-corrected chi connectivity index (χ3v) is 4.44. The number of unbranched alkanes of at least 4 members (excludes halogenated alkanes) is 1. The van der Waals surface area contributed by atoms with E-state index in [1.165, 1.54) is 6.21 Å². The number of nitrogens with one attached hydrogen (secondary N) is 1. The summed E-state index contributed by atoms with van der Waals surface area (Å²) >= 11 is 0. The molecule has 0 saturated carbocycles. The van der Waals surface area contributed by atoms with E-state index in [4.69, 9.17) is 4.74 Å². The van der Waals surface area contributed by atoms with Crippen LogP contribution in [0.4, 0.5) is 0 Å². The number of morpholine rings is 1. The van der Waals surface area contributed by atoms with Crippen molar-refractivity contribution < 1.29 is 9.84 Å². The lowest BCUT2D eigenvalue weighted by Gasteiger charge is -2.20. The van der Waals surface area contributed by atoms with Gasteiger partial charge in [-0.3, -0.25) is 9.79 Å². The molecule has 0 spiro atoms. The molecule has 0 amide bonds. The van der Waals surface area contributed by atoms with Gasteiger partial charge in [-0.1, -0.05) is 19.4 Å². The van der Waals surface area contributed by atoms with Crippen molar-refractivity contribution in [1.29, 1.82) is 0 Å². The molecule has 1 aromatic heterocycles. The van der Waals surface area contributed by atoms with E-state index in [-0.39, 0.29) is 23.1 Å². The lowest BCUT2D eigenvalue weighted by molar-refractivity contribution is 0.0352. The van der Waals surface area contributed by atoms with Crippen molar-refractivity contribution >= 4 is 17.1 Å². The van der Waals surface area contributed by atoms with Crippen LogP contribution in [-0.2, 0) is 11.3 Å². The van der Waals surface area contributed by atoms with Crippen LogP contribution in [-0.4, -0.2) is 41.8 Å². The normalized spacial score (nSPS) is 18.2. The van der Waals surface area contributed by atoms with Crippen LogP contribution in [0.5, 0.6) is 5.75 Å². The maximum atomic E-state index is 12.9. The van der Waals surface area contributed by atoms with Gasteiger partial charge in [0.1, 0.15) is 11.3 Å². The molecular weight excluding hydrogens is 318 g/mol. The van der Waals surface area contributed by atoms with Crippen molar-refractivity contribution in [1.82, 2.24) is 9.88 Å². The molecule has 2 heterocycles. The van der Waals surface area contributed by atoms with Gasteiger partial charge in [-0.2, -0.15) is 0 Å². The highest BCUT2D eigenvalue weighted by atomic mass is 16.5. The molecule has 2 N–H and O–H groups in total. The van der Waals surface area contributed by atoms with Crippen LogP contribution in [0.2, 0.25) is 0 Å². The number of aryl methyl sites for hydroxylation is 2. The molecule has 1 atom stereocenters. The number of hydrogen-bond donors (Lipinski definition) is 2. The molecule has 1 aromatic carbocycles. The second kappa shape index (κ2) is 7.80. The molecule has 1 aliphatic heterocycles. The number of hydrogen-bond acceptors (Lipinski definition) is 5. The molecule has 25 heavy (non-hydrogen) atoms. The van der Waals surface area contributed by atoms with Crippen LogP contribution in [0.15, 0.2) is 28.0 Å². The monoisotopic (exact) mass is 343 g/mol. The van der Waals surface area contributed by atoms with E-state index in [0.717, 1.165) is 30.5 Å². The van der Waals surface area contributed by atoms with Gasteiger partial charge in [0.15, 0.2) is 6.23 Å². The maximum absolute atomic E-state index is 12.9. The third kappa shape index (κ3) is 3.75. The number of benzene rings is 1. The molecule has 0 bridgehead atoms. The highest BCUT2D eigenvalue weighted by Crippen LogP contribution is 2.26. The first kappa shape index (κ1) is 17.6. The van der Waals surface area contributed by atoms with Gasteiger partial charge in [0.2, 0.25) is 0 Å². The first-order chi connectivity index (χ1) is 12.1. The summed E-state index contributed by atoms with van der Waals surface area (Å²) in [7, 11) is 0. The number of aromatic nitrogens is 1. The van der Waals surface area contributed by atoms with Gasteiger partial charge in [0, 0.05) is 31.2 Å². The highest BCUT2D eigenvalue weighted by molar-refractivity contribution is 5.95. The third-order valence-electron chi connectivity index (χ3n) is 4.44. The molecule has 3 rings (SSSR count). The fourth-order valence-electron chi connectivity index (χ4n) is 3.03. The number of ether oxygens (including phenoxy) is 1. The molecule has 0 radical (unpaired) electrons. The van der Waals surface area contributed by atoms with Crippen LogP contribution in [0.1, 0.15) is 30.9 Å². The number of rotatable bonds is 5. The largest absolute Gasteiger partial charge is 0.506 e. The summed E-state index contributed by atoms with van der Waals surface area (Å²) in [6.07, 6.45) is 3.02. The second-order valence-corrected chi connectivity index (χ2v) is 6.40. The smallest absolute Gasteiger partial charge is 0.263 e. The molecule has 1 aliphatic rings. The lowest BCUT2D eigenvalue weighted by atomic mass is 10.1. The molecule has 2 aromatic rings. The fraction of sp³-hybridized carbons (Fsp3) is 0.474. The van der Waals surface area contributed by atoms with E-state index >= 15 is 0 Å². The standard InChI is InChI=1S/C19H25N3O3/c1-3-4-8-22-16-10-13(2)5-6-14(16)18(23)15(19(22)24)11-21-17-12-20-7-9-25-17/h5-6,10-11,17,20,23H,3-4,7-9,12H2,1-2H3/b21-11+. The summed E-state index contributed by atoms with van der Waals surface area (Å²) in [5, 5.41) is 14.5. The van der Waals surface area contributed by atoms with Gasteiger partial charge >= 0.3 is 0 Å². The lowest BCUT2D eigenvalue weighted by Crippen LogP contribution is -2.37. The number of aromatic hydroxyl groups is 1. The fourth-order valence-corrected chi connectivity index (χ4v) is 3.03. The zero-order valence-corrected chi connectivity index (χ0v) is 14.8. The zero-order chi connectivity index (χ0) is 17.8. The van der Waals surface area contributed by atoms with Gasteiger partial charge in [-0.05, 0) is 31.0 Å². The van der Waals surface area contributed by atoms with Crippen molar-refractivity contribution in [3.8, 4) is 5.75 Å². The Bertz CT molecular complexity index is 836. The first-order valence-corrected chi connectivity index (χ1v) is 8.83. The van der Waals surface area contributed by atoms with Crippen LogP contribution >= 0.6 is 0 Å². The Balaban J connectivity index is 2.09. The molecule has 6 heteroatoms. The summed E-state index contributed by atoms with van der Waals surface area (Å²) in [5.74, 6) is -0.0136. The molecule has 134 valence electrons.